The van der Waals surface area contributed by atoms with E-state index in [1.807, 2.05) is 0 Å². The molecule has 0 aliphatic heterocycles. The predicted octanol–water partition coefficient (Wildman–Crippen LogP) is 5.20. The minimum atomic E-state index is -0.157. The molecule has 25 heavy (non-hydrogen) atoms. The number of rotatable bonds is 6. The third-order valence-corrected chi connectivity index (χ3v) is 4.26. The van der Waals surface area contributed by atoms with Crippen molar-refractivity contribution in [2.45, 2.75) is 39.5 Å². The second-order valence-electron chi connectivity index (χ2n) is 6.64. The van der Waals surface area contributed by atoms with E-state index in [9.17, 15) is 4.79 Å². The van der Waals surface area contributed by atoms with Crippen LogP contribution in [0.2, 0.25) is 0 Å². The first-order chi connectivity index (χ1) is 11.9. The van der Waals surface area contributed by atoms with Crippen LogP contribution in [0.25, 0.3) is 0 Å². The molecule has 0 heterocycles. The highest BCUT2D eigenvalue weighted by Crippen LogP contribution is 2.33. The molecule has 2 rings (SSSR count). The van der Waals surface area contributed by atoms with Crippen molar-refractivity contribution in [3.05, 3.63) is 53.1 Å². The Labute approximate surface area is 150 Å². The van der Waals surface area contributed by atoms with Crippen LogP contribution in [0, 0.1) is 0 Å². The monoisotopic (exact) mass is 341 g/mol. The summed E-state index contributed by atoms with van der Waals surface area (Å²) in [5.74, 6) is 1.62. The Kier molecular flexibility index (Phi) is 6.07. The number of amides is 1. The lowest BCUT2D eigenvalue weighted by Crippen LogP contribution is -2.16. The summed E-state index contributed by atoms with van der Waals surface area (Å²) in [5.41, 5.74) is 3.72. The highest BCUT2D eigenvalue weighted by atomic mass is 16.5. The lowest BCUT2D eigenvalue weighted by molar-refractivity contribution is 0.102. The Morgan fingerprint density at radius 3 is 1.92 bits per heavy atom. The molecule has 0 spiro atoms. The van der Waals surface area contributed by atoms with Gasteiger partial charge in [0.1, 0.15) is 0 Å². The summed E-state index contributed by atoms with van der Waals surface area (Å²) in [6, 6.07) is 11.4. The quantitative estimate of drug-likeness (QED) is 0.785. The third kappa shape index (κ3) is 4.13. The highest BCUT2D eigenvalue weighted by Gasteiger charge is 2.17. The number of hydrogen-bond donors (Lipinski definition) is 1. The molecule has 0 aliphatic rings. The molecule has 2 aromatic rings. The minimum Gasteiger partial charge on any atom is -0.493 e. The van der Waals surface area contributed by atoms with Crippen LogP contribution < -0.4 is 14.8 Å². The van der Waals surface area contributed by atoms with Gasteiger partial charge in [0.15, 0.2) is 11.5 Å². The number of ether oxygens (including phenoxy) is 2. The summed E-state index contributed by atoms with van der Waals surface area (Å²) >= 11 is 0. The molecule has 0 bridgehead atoms. The fourth-order valence-corrected chi connectivity index (χ4v) is 2.86. The Morgan fingerprint density at radius 1 is 0.880 bits per heavy atom. The van der Waals surface area contributed by atoms with Gasteiger partial charge in [-0.05, 0) is 41.2 Å². The molecule has 0 saturated carbocycles. The molecule has 0 radical (unpaired) electrons. The highest BCUT2D eigenvalue weighted by molar-refractivity contribution is 6.05. The Morgan fingerprint density at radius 2 is 1.44 bits per heavy atom. The predicted molar refractivity (Wildman–Crippen MR) is 102 cm³/mol. The van der Waals surface area contributed by atoms with E-state index in [1.165, 1.54) is 0 Å². The van der Waals surface area contributed by atoms with E-state index in [0.29, 0.717) is 28.9 Å². The van der Waals surface area contributed by atoms with Crippen LogP contribution in [0.3, 0.4) is 0 Å². The normalized spacial score (nSPS) is 10.9. The van der Waals surface area contributed by atoms with Gasteiger partial charge in [0.25, 0.3) is 5.91 Å². The minimum absolute atomic E-state index is 0.157. The SMILES string of the molecule is COc1ccc(C(=O)Nc2c(C(C)C)cccc2C(C)C)cc1OC. The second kappa shape index (κ2) is 8.06. The van der Waals surface area contributed by atoms with Crippen molar-refractivity contribution in [1.29, 1.82) is 0 Å². The molecule has 4 nitrogen and oxygen atoms in total. The lowest BCUT2D eigenvalue weighted by Gasteiger charge is -2.20. The van der Waals surface area contributed by atoms with Crippen molar-refractivity contribution in [3.63, 3.8) is 0 Å². The van der Waals surface area contributed by atoms with Gasteiger partial charge < -0.3 is 14.8 Å². The number of benzene rings is 2. The fourth-order valence-electron chi connectivity index (χ4n) is 2.86. The molecule has 0 aliphatic carbocycles. The Hall–Kier alpha value is -2.49. The van der Waals surface area contributed by atoms with Gasteiger partial charge in [-0.3, -0.25) is 4.79 Å². The zero-order valence-electron chi connectivity index (χ0n) is 15.8. The summed E-state index contributed by atoms with van der Waals surface area (Å²) in [4.78, 5) is 12.8. The number of para-hydroxylation sites is 1. The van der Waals surface area contributed by atoms with Crippen LogP contribution in [0.1, 0.15) is 61.0 Å². The smallest absolute Gasteiger partial charge is 0.255 e. The first kappa shape index (κ1) is 18.8. The van der Waals surface area contributed by atoms with E-state index < -0.39 is 0 Å². The van der Waals surface area contributed by atoms with Crippen molar-refractivity contribution in [2.75, 3.05) is 19.5 Å². The van der Waals surface area contributed by atoms with Gasteiger partial charge in [-0.15, -0.1) is 0 Å². The molecule has 1 amide bonds. The van der Waals surface area contributed by atoms with Crippen molar-refractivity contribution in [2.24, 2.45) is 0 Å². The summed E-state index contributed by atoms with van der Waals surface area (Å²) < 4.78 is 10.5. The molecule has 0 atom stereocenters. The maximum absolute atomic E-state index is 12.8. The van der Waals surface area contributed by atoms with E-state index in [0.717, 1.165) is 16.8 Å². The number of carbonyl (C=O) groups excluding carboxylic acids is 1. The van der Waals surface area contributed by atoms with Crippen LogP contribution in [0.15, 0.2) is 36.4 Å². The maximum atomic E-state index is 12.8. The molecule has 1 N–H and O–H groups in total. The van der Waals surface area contributed by atoms with Crippen LogP contribution in [0.5, 0.6) is 11.5 Å². The summed E-state index contributed by atoms with van der Waals surface area (Å²) in [5, 5.41) is 3.11. The van der Waals surface area contributed by atoms with Crippen molar-refractivity contribution < 1.29 is 14.3 Å². The van der Waals surface area contributed by atoms with E-state index in [-0.39, 0.29) is 5.91 Å². The van der Waals surface area contributed by atoms with Crippen molar-refractivity contribution >= 4 is 11.6 Å². The van der Waals surface area contributed by atoms with E-state index in [2.05, 4.69) is 51.2 Å². The van der Waals surface area contributed by atoms with Gasteiger partial charge in [0, 0.05) is 11.3 Å². The molecule has 2 aromatic carbocycles. The molecule has 0 aromatic heterocycles. The zero-order valence-corrected chi connectivity index (χ0v) is 15.8. The molecule has 134 valence electrons. The Bertz CT molecular complexity index is 725. The van der Waals surface area contributed by atoms with Gasteiger partial charge in [-0.1, -0.05) is 45.9 Å². The van der Waals surface area contributed by atoms with E-state index in [1.54, 1.807) is 32.4 Å². The average Bonchev–Trinajstić information content (AvgIpc) is 2.60. The van der Waals surface area contributed by atoms with Gasteiger partial charge in [-0.25, -0.2) is 0 Å². The van der Waals surface area contributed by atoms with Crippen molar-refractivity contribution in [1.82, 2.24) is 0 Å². The van der Waals surface area contributed by atoms with E-state index >= 15 is 0 Å². The number of anilines is 1. The van der Waals surface area contributed by atoms with Crippen LogP contribution in [0.4, 0.5) is 5.69 Å². The summed E-state index contributed by atoms with van der Waals surface area (Å²) in [7, 11) is 3.13. The number of methoxy groups -OCH3 is 2. The number of nitrogens with one attached hydrogen (secondary N) is 1. The molecule has 0 unspecified atom stereocenters. The van der Waals surface area contributed by atoms with Gasteiger partial charge >= 0.3 is 0 Å². The van der Waals surface area contributed by atoms with Gasteiger partial charge in [0.2, 0.25) is 0 Å². The summed E-state index contributed by atoms with van der Waals surface area (Å²) in [6.45, 7) is 8.52. The molecular weight excluding hydrogens is 314 g/mol. The standard InChI is InChI=1S/C21H27NO3/c1-13(2)16-8-7-9-17(14(3)4)20(16)22-21(23)15-10-11-18(24-5)19(12-15)25-6/h7-14H,1-6H3,(H,22,23). The maximum Gasteiger partial charge on any atom is 0.255 e. The first-order valence-electron chi connectivity index (χ1n) is 8.55. The number of hydrogen-bond acceptors (Lipinski definition) is 3. The molecule has 4 heteroatoms. The average molecular weight is 341 g/mol. The topological polar surface area (TPSA) is 47.6 Å². The Balaban J connectivity index is 2.41. The van der Waals surface area contributed by atoms with E-state index in [4.69, 9.17) is 9.47 Å². The third-order valence-electron chi connectivity index (χ3n) is 4.26. The largest absolute Gasteiger partial charge is 0.493 e. The molecule has 0 fully saturated rings. The molecular formula is C21H27NO3. The molecule has 0 saturated heterocycles. The van der Waals surface area contributed by atoms with Gasteiger partial charge in [0.05, 0.1) is 14.2 Å². The van der Waals surface area contributed by atoms with Crippen LogP contribution >= 0.6 is 0 Å². The number of carbonyl (C=O) groups is 1. The summed E-state index contributed by atoms with van der Waals surface area (Å²) in [6.07, 6.45) is 0. The first-order valence-corrected chi connectivity index (χ1v) is 8.55. The van der Waals surface area contributed by atoms with Crippen molar-refractivity contribution in [3.8, 4) is 11.5 Å². The lowest BCUT2D eigenvalue weighted by atomic mass is 9.92. The van der Waals surface area contributed by atoms with Crippen LogP contribution in [-0.2, 0) is 0 Å². The fraction of sp³-hybridized carbons (Fsp3) is 0.381. The van der Waals surface area contributed by atoms with Crippen LogP contribution in [-0.4, -0.2) is 20.1 Å². The second-order valence-corrected chi connectivity index (χ2v) is 6.64. The zero-order chi connectivity index (χ0) is 18.6. The van der Waals surface area contributed by atoms with Gasteiger partial charge in [-0.2, -0.15) is 0 Å².